The number of anilines is 2. The zero-order valence-corrected chi connectivity index (χ0v) is 16.3. The number of rotatable bonds is 7. The van der Waals surface area contributed by atoms with Crippen LogP contribution in [0.15, 0.2) is 52.5 Å². The topological polar surface area (TPSA) is 108 Å². The molecule has 0 unspecified atom stereocenters. The van der Waals surface area contributed by atoms with Crippen LogP contribution in [0.3, 0.4) is 0 Å². The second-order valence-corrected chi connectivity index (χ2v) is 8.20. The minimum atomic E-state index is -3.89. The van der Waals surface area contributed by atoms with E-state index in [0.717, 1.165) is 21.6 Å². The molecule has 9 nitrogen and oxygen atoms in total. The molecule has 1 N–H and O–H groups in total. The Morgan fingerprint density at radius 1 is 1.07 bits per heavy atom. The molecule has 0 atom stereocenters. The summed E-state index contributed by atoms with van der Waals surface area (Å²) in [5.74, 6) is 0. The third-order valence-electron chi connectivity index (χ3n) is 3.74. The molecule has 27 heavy (non-hydrogen) atoms. The predicted octanol–water partition coefficient (Wildman–Crippen LogP) is 2.36. The van der Waals surface area contributed by atoms with Gasteiger partial charge in [-0.05, 0) is 23.8 Å². The molecular formula is C17H21N5O4S. The fourth-order valence-electron chi connectivity index (χ4n) is 2.16. The van der Waals surface area contributed by atoms with Crippen LogP contribution in [0.4, 0.5) is 17.1 Å². The van der Waals surface area contributed by atoms with Crippen LogP contribution in [-0.2, 0) is 10.0 Å². The van der Waals surface area contributed by atoms with Gasteiger partial charge in [0.2, 0.25) is 10.0 Å². The Balaban J connectivity index is 2.31. The van der Waals surface area contributed by atoms with Crippen molar-refractivity contribution in [1.82, 2.24) is 4.31 Å². The molecule has 0 fully saturated rings. The van der Waals surface area contributed by atoms with Gasteiger partial charge in [0.25, 0.3) is 5.69 Å². The van der Waals surface area contributed by atoms with Crippen molar-refractivity contribution in [3.05, 3.63) is 58.1 Å². The van der Waals surface area contributed by atoms with Gasteiger partial charge in [-0.1, -0.05) is 12.1 Å². The molecule has 10 heteroatoms. The van der Waals surface area contributed by atoms with Crippen LogP contribution < -0.4 is 10.3 Å². The van der Waals surface area contributed by atoms with Crippen molar-refractivity contribution in [3.8, 4) is 0 Å². The Bertz CT molecular complexity index is 954. The van der Waals surface area contributed by atoms with Gasteiger partial charge < -0.3 is 4.90 Å². The molecule has 0 radical (unpaired) electrons. The summed E-state index contributed by atoms with van der Waals surface area (Å²) in [4.78, 5) is 12.1. The van der Waals surface area contributed by atoms with Crippen molar-refractivity contribution in [2.24, 2.45) is 5.10 Å². The average Bonchev–Trinajstić information content (AvgIpc) is 2.62. The zero-order chi connectivity index (χ0) is 20.2. The van der Waals surface area contributed by atoms with Crippen LogP contribution in [0.1, 0.15) is 5.56 Å². The third-order valence-corrected chi connectivity index (χ3v) is 5.60. The molecule has 0 amide bonds. The van der Waals surface area contributed by atoms with Crippen LogP contribution in [0.25, 0.3) is 0 Å². The van der Waals surface area contributed by atoms with Gasteiger partial charge in [0.05, 0.1) is 16.8 Å². The summed E-state index contributed by atoms with van der Waals surface area (Å²) >= 11 is 0. The molecule has 2 aromatic carbocycles. The molecule has 2 rings (SSSR count). The molecule has 0 heterocycles. The van der Waals surface area contributed by atoms with E-state index < -0.39 is 14.9 Å². The molecule has 0 bridgehead atoms. The maximum absolute atomic E-state index is 12.5. The summed E-state index contributed by atoms with van der Waals surface area (Å²) in [6.45, 7) is 0. The molecule has 0 spiro atoms. The Morgan fingerprint density at radius 2 is 1.70 bits per heavy atom. The maximum Gasteiger partial charge on any atom is 0.270 e. The highest BCUT2D eigenvalue weighted by atomic mass is 32.2. The number of nitrogens with zero attached hydrogens (tertiary/aromatic N) is 4. The van der Waals surface area contributed by atoms with Crippen LogP contribution in [0.2, 0.25) is 0 Å². The van der Waals surface area contributed by atoms with Crippen LogP contribution in [0, 0.1) is 10.1 Å². The monoisotopic (exact) mass is 391 g/mol. The lowest BCUT2D eigenvalue weighted by Gasteiger charge is -2.14. The van der Waals surface area contributed by atoms with Crippen molar-refractivity contribution in [1.29, 1.82) is 0 Å². The first-order chi connectivity index (χ1) is 12.6. The second kappa shape index (κ2) is 8.14. The van der Waals surface area contributed by atoms with Crippen LogP contribution in [-0.4, -0.2) is 52.1 Å². The highest BCUT2D eigenvalue weighted by Crippen LogP contribution is 2.28. The van der Waals surface area contributed by atoms with E-state index in [4.69, 9.17) is 0 Å². The fourth-order valence-corrected chi connectivity index (χ4v) is 3.22. The van der Waals surface area contributed by atoms with E-state index in [1.165, 1.54) is 32.4 Å². The van der Waals surface area contributed by atoms with Crippen molar-refractivity contribution < 1.29 is 13.3 Å². The molecule has 0 saturated heterocycles. The van der Waals surface area contributed by atoms with Crippen molar-refractivity contribution in [2.45, 2.75) is 4.90 Å². The van der Waals surface area contributed by atoms with Crippen molar-refractivity contribution in [2.75, 3.05) is 38.5 Å². The Morgan fingerprint density at radius 3 is 2.22 bits per heavy atom. The van der Waals surface area contributed by atoms with E-state index in [0.29, 0.717) is 0 Å². The quantitative estimate of drug-likeness (QED) is 0.441. The minimum absolute atomic E-state index is 0.149. The highest BCUT2D eigenvalue weighted by molar-refractivity contribution is 7.89. The number of hydrazone groups is 1. The fraction of sp³-hybridized carbons (Fsp3) is 0.235. The maximum atomic E-state index is 12.5. The number of nitro benzene ring substituents is 1. The van der Waals surface area contributed by atoms with Gasteiger partial charge in [-0.2, -0.15) is 5.10 Å². The molecule has 0 aromatic heterocycles. The standard InChI is InChI=1S/C17H21N5O4S/c1-20(2)14-7-5-13(6-8-14)12-18-19-16-10-9-15(22(23)24)11-17(16)27(25,26)21(3)4/h5-12,19H,1-4H3/b18-12-. The number of hydrogen-bond donors (Lipinski definition) is 1. The second-order valence-electron chi connectivity index (χ2n) is 6.08. The van der Waals surface area contributed by atoms with Crippen molar-refractivity contribution in [3.63, 3.8) is 0 Å². The molecule has 144 valence electrons. The number of nitro groups is 1. The summed E-state index contributed by atoms with van der Waals surface area (Å²) in [5, 5.41) is 15.0. The van der Waals surface area contributed by atoms with Gasteiger partial charge in [-0.15, -0.1) is 0 Å². The molecule has 0 saturated carbocycles. The van der Waals surface area contributed by atoms with Crippen molar-refractivity contribution >= 4 is 33.3 Å². The SMILES string of the molecule is CN(C)c1ccc(/C=N\Nc2ccc([N+](=O)[O-])cc2S(=O)(=O)N(C)C)cc1. The third kappa shape index (κ3) is 4.80. The first kappa shape index (κ1) is 20.3. The van der Waals surface area contributed by atoms with Gasteiger partial charge in [-0.25, -0.2) is 12.7 Å². The Hall–Kier alpha value is -2.98. The lowest BCUT2D eigenvalue weighted by atomic mass is 10.2. The van der Waals surface area contributed by atoms with E-state index in [9.17, 15) is 18.5 Å². The van der Waals surface area contributed by atoms with E-state index in [-0.39, 0.29) is 16.3 Å². The number of benzene rings is 2. The smallest absolute Gasteiger partial charge is 0.270 e. The summed E-state index contributed by atoms with van der Waals surface area (Å²) in [6.07, 6.45) is 1.53. The van der Waals surface area contributed by atoms with E-state index in [2.05, 4.69) is 10.5 Å². The lowest BCUT2D eigenvalue weighted by Crippen LogP contribution is -2.23. The van der Waals surface area contributed by atoms with E-state index >= 15 is 0 Å². The summed E-state index contributed by atoms with van der Waals surface area (Å²) in [5.41, 5.74) is 4.34. The summed E-state index contributed by atoms with van der Waals surface area (Å²) in [6, 6.07) is 11.1. The highest BCUT2D eigenvalue weighted by Gasteiger charge is 2.24. The first-order valence-corrected chi connectivity index (χ1v) is 9.34. The van der Waals surface area contributed by atoms with Gasteiger partial charge >= 0.3 is 0 Å². The summed E-state index contributed by atoms with van der Waals surface area (Å²) in [7, 11) is 2.70. The largest absolute Gasteiger partial charge is 0.378 e. The van der Waals surface area contributed by atoms with Gasteiger partial charge in [-0.3, -0.25) is 15.5 Å². The number of hydrogen-bond acceptors (Lipinski definition) is 7. The number of nitrogens with one attached hydrogen (secondary N) is 1. The lowest BCUT2D eigenvalue weighted by molar-refractivity contribution is -0.385. The molecular weight excluding hydrogens is 370 g/mol. The predicted molar refractivity (Wildman–Crippen MR) is 106 cm³/mol. The molecule has 2 aromatic rings. The van der Waals surface area contributed by atoms with Gasteiger partial charge in [0, 0.05) is 46.0 Å². The number of non-ortho nitro benzene ring substituents is 1. The Kier molecular flexibility index (Phi) is 6.13. The normalized spacial score (nSPS) is 11.7. The molecule has 0 aliphatic rings. The van der Waals surface area contributed by atoms with Crippen LogP contribution in [0.5, 0.6) is 0 Å². The summed E-state index contributed by atoms with van der Waals surface area (Å²) < 4.78 is 25.9. The minimum Gasteiger partial charge on any atom is -0.378 e. The Labute approximate surface area is 158 Å². The first-order valence-electron chi connectivity index (χ1n) is 7.90. The van der Waals surface area contributed by atoms with Gasteiger partial charge in [0.15, 0.2) is 0 Å². The molecule has 0 aliphatic carbocycles. The van der Waals surface area contributed by atoms with Gasteiger partial charge in [0.1, 0.15) is 4.90 Å². The molecule has 0 aliphatic heterocycles. The zero-order valence-electron chi connectivity index (χ0n) is 15.4. The van der Waals surface area contributed by atoms with E-state index in [1.54, 1.807) is 0 Å². The average molecular weight is 391 g/mol. The van der Waals surface area contributed by atoms with E-state index in [1.807, 2.05) is 43.3 Å². The van der Waals surface area contributed by atoms with Crippen LogP contribution >= 0.6 is 0 Å². The number of sulfonamides is 1.